The molecule has 0 atom stereocenters. The Hall–Kier alpha value is -4.95. The molecule has 4 heterocycles. The lowest BCUT2D eigenvalue weighted by Crippen LogP contribution is -2.65. The highest BCUT2D eigenvalue weighted by Gasteiger charge is 2.50. The number of aromatic nitrogens is 1. The summed E-state index contributed by atoms with van der Waals surface area (Å²) in [6, 6.07) is 39.7. The molecule has 0 radical (unpaired) electrons. The minimum atomic E-state index is 0.0304. The predicted molar refractivity (Wildman–Crippen MR) is 229 cm³/mol. The third-order valence-corrected chi connectivity index (χ3v) is 15.2. The van der Waals surface area contributed by atoms with Gasteiger partial charge in [-0.1, -0.05) is 124 Å². The third-order valence-electron chi connectivity index (χ3n) is 15.2. The van der Waals surface area contributed by atoms with E-state index in [0.29, 0.717) is 11.8 Å². The quantitative estimate of drug-likeness (QED) is 0.166. The molecule has 260 valence electrons. The van der Waals surface area contributed by atoms with Crippen molar-refractivity contribution in [1.29, 1.82) is 0 Å². The molecule has 2 aliphatic heterocycles. The summed E-state index contributed by atoms with van der Waals surface area (Å²) in [5.41, 5.74) is 21.6. The van der Waals surface area contributed by atoms with E-state index in [-0.39, 0.29) is 24.3 Å². The van der Waals surface area contributed by atoms with Crippen molar-refractivity contribution in [1.82, 2.24) is 4.57 Å². The van der Waals surface area contributed by atoms with Gasteiger partial charge in [-0.05, 0) is 123 Å². The topological polar surface area (TPSA) is 18.1 Å². The van der Waals surface area contributed by atoms with E-state index in [9.17, 15) is 0 Å². The molecule has 0 N–H and O–H groups in total. The summed E-state index contributed by atoms with van der Waals surface area (Å²) in [5.74, 6) is 1.29. The van der Waals surface area contributed by atoms with Crippen LogP contribution in [0.25, 0.3) is 49.4 Å². The number of furan rings is 1. The standard InChI is InChI=1S/C50H43B2NO/c1-49(2)23-24-50(3,4)41-37(49)26-35-34-25-33-28-19-21-29(22-20-28)40(33)42-45(34)53-46(35)43(41)52(31-15-9-6-10-16-31)44-47(53)38(51(42)30-13-7-5-8-14-30)27-36-32-17-11-12-18-39(32)54-48(36)44/h5-18,25-29H,19-24H2,1-4H3. The Labute approximate surface area is 317 Å². The molecule has 8 aromatic rings. The molecule has 6 aromatic carbocycles. The van der Waals surface area contributed by atoms with Crippen molar-refractivity contribution in [3.05, 3.63) is 125 Å². The first-order valence-electron chi connectivity index (χ1n) is 20.6. The van der Waals surface area contributed by atoms with Crippen molar-refractivity contribution in [2.75, 3.05) is 0 Å². The second-order valence-corrected chi connectivity index (χ2v) is 18.8. The van der Waals surface area contributed by atoms with Crippen molar-refractivity contribution in [3.63, 3.8) is 0 Å². The second-order valence-electron chi connectivity index (χ2n) is 18.8. The molecule has 14 rings (SSSR count). The lowest BCUT2D eigenvalue weighted by Gasteiger charge is -2.46. The maximum Gasteiger partial charge on any atom is 0.252 e. The second kappa shape index (κ2) is 10.0. The summed E-state index contributed by atoms with van der Waals surface area (Å²) in [6.45, 7) is 10.3. The molecule has 0 spiro atoms. The molecule has 0 amide bonds. The van der Waals surface area contributed by atoms with E-state index in [1.165, 1.54) is 104 Å². The summed E-state index contributed by atoms with van der Waals surface area (Å²) < 4.78 is 9.98. The average molecular weight is 696 g/mol. The Bertz CT molecular complexity index is 2960. The zero-order valence-electron chi connectivity index (χ0n) is 31.7. The first kappa shape index (κ1) is 30.4. The monoisotopic (exact) mass is 695 g/mol. The van der Waals surface area contributed by atoms with Gasteiger partial charge >= 0.3 is 0 Å². The summed E-state index contributed by atoms with van der Waals surface area (Å²) >= 11 is 0. The van der Waals surface area contributed by atoms with Crippen LogP contribution in [0.4, 0.5) is 0 Å². The lowest BCUT2D eigenvalue weighted by atomic mass is 9.29. The van der Waals surface area contributed by atoms with E-state index in [4.69, 9.17) is 4.42 Å². The van der Waals surface area contributed by atoms with Crippen LogP contribution in [0, 0.1) is 0 Å². The van der Waals surface area contributed by atoms with Crippen molar-refractivity contribution in [2.24, 2.45) is 0 Å². The molecule has 0 unspecified atom stereocenters. The van der Waals surface area contributed by atoms with Crippen LogP contribution in [0.1, 0.15) is 100 Å². The van der Waals surface area contributed by atoms with Crippen LogP contribution >= 0.6 is 0 Å². The number of hydrogen-bond donors (Lipinski definition) is 0. The molecule has 2 nitrogen and oxygen atoms in total. The molecule has 4 heteroatoms. The number of rotatable bonds is 2. The van der Waals surface area contributed by atoms with E-state index in [0.717, 1.165) is 11.2 Å². The van der Waals surface area contributed by atoms with Gasteiger partial charge in [0.1, 0.15) is 11.2 Å². The van der Waals surface area contributed by atoms with E-state index in [1.54, 1.807) is 27.7 Å². The first-order chi connectivity index (χ1) is 26.3. The lowest BCUT2D eigenvalue weighted by molar-refractivity contribution is 0.334. The van der Waals surface area contributed by atoms with E-state index in [1.807, 2.05) is 0 Å². The largest absolute Gasteiger partial charge is 0.457 e. The van der Waals surface area contributed by atoms with Gasteiger partial charge in [-0.15, -0.1) is 0 Å². The van der Waals surface area contributed by atoms with Gasteiger partial charge in [-0.25, -0.2) is 0 Å². The Morgan fingerprint density at radius 3 is 1.98 bits per heavy atom. The summed E-state index contributed by atoms with van der Waals surface area (Å²) in [5, 5.41) is 5.41. The number of para-hydroxylation sites is 1. The fraction of sp³-hybridized carbons (Fsp3) is 0.280. The molecule has 1 fully saturated rings. The Kier molecular flexibility index (Phi) is 5.64. The van der Waals surface area contributed by atoms with Crippen molar-refractivity contribution >= 4 is 89.9 Å². The average Bonchev–Trinajstić information content (AvgIpc) is 3.74. The van der Waals surface area contributed by atoms with Crippen LogP contribution in [0.15, 0.2) is 108 Å². The van der Waals surface area contributed by atoms with Crippen LogP contribution < -0.4 is 32.8 Å². The SMILES string of the molecule is CC1(C)CCC(C)(C)c2c1cc1c3cc4c(c5c3n3c1c2B(c1ccccc1)c1c-3c(cc2c1oc1ccccc12)B5c1ccccc1)C1CCC4CC1. The van der Waals surface area contributed by atoms with Gasteiger partial charge in [0.25, 0.3) is 6.71 Å². The zero-order valence-corrected chi connectivity index (χ0v) is 31.7. The Balaban J connectivity index is 1.35. The number of fused-ring (bicyclic) bond motifs is 9. The summed E-state index contributed by atoms with van der Waals surface area (Å²) in [7, 11) is 0. The van der Waals surface area contributed by atoms with E-state index in [2.05, 4.69) is 135 Å². The minimum Gasteiger partial charge on any atom is -0.457 e. The maximum absolute atomic E-state index is 7.17. The molecule has 6 aliphatic rings. The van der Waals surface area contributed by atoms with Crippen molar-refractivity contribution < 1.29 is 4.42 Å². The van der Waals surface area contributed by atoms with Crippen LogP contribution in [0.3, 0.4) is 0 Å². The zero-order chi connectivity index (χ0) is 35.8. The van der Waals surface area contributed by atoms with Gasteiger partial charge < -0.3 is 8.98 Å². The van der Waals surface area contributed by atoms with Crippen LogP contribution in [0.5, 0.6) is 0 Å². The van der Waals surface area contributed by atoms with Crippen LogP contribution in [-0.2, 0) is 10.8 Å². The van der Waals surface area contributed by atoms with Crippen LogP contribution in [-0.4, -0.2) is 18.0 Å². The molecule has 4 aliphatic carbocycles. The van der Waals surface area contributed by atoms with Crippen molar-refractivity contribution in [2.45, 2.75) is 88.9 Å². The normalized spacial score (nSPS) is 21.1. The molecule has 1 saturated carbocycles. The highest BCUT2D eigenvalue weighted by atomic mass is 16.3. The highest BCUT2D eigenvalue weighted by Crippen LogP contribution is 2.53. The predicted octanol–water partition coefficient (Wildman–Crippen LogP) is 8.45. The van der Waals surface area contributed by atoms with Gasteiger partial charge in [0.15, 0.2) is 0 Å². The number of benzene rings is 6. The van der Waals surface area contributed by atoms with Gasteiger partial charge in [0.2, 0.25) is 6.71 Å². The summed E-state index contributed by atoms with van der Waals surface area (Å²) in [6.07, 6.45) is 7.68. The molecule has 2 aromatic heterocycles. The minimum absolute atomic E-state index is 0.0304. The van der Waals surface area contributed by atoms with Gasteiger partial charge in [-0.2, -0.15) is 0 Å². The number of hydrogen-bond acceptors (Lipinski definition) is 1. The van der Waals surface area contributed by atoms with E-state index >= 15 is 0 Å². The fourth-order valence-corrected chi connectivity index (χ4v) is 12.8. The van der Waals surface area contributed by atoms with E-state index < -0.39 is 0 Å². The van der Waals surface area contributed by atoms with Crippen molar-refractivity contribution in [3.8, 4) is 5.69 Å². The molecular formula is C50H43B2NO. The Morgan fingerprint density at radius 1 is 0.593 bits per heavy atom. The fourth-order valence-electron chi connectivity index (χ4n) is 12.8. The van der Waals surface area contributed by atoms with Gasteiger partial charge in [0, 0.05) is 38.3 Å². The third kappa shape index (κ3) is 3.58. The number of nitrogens with zero attached hydrogens (tertiary/aromatic N) is 1. The molecule has 0 saturated heterocycles. The van der Waals surface area contributed by atoms with Gasteiger partial charge in [0.05, 0.1) is 0 Å². The van der Waals surface area contributed by atoms with Gasteiger partial charge in [-0.3, -0.25) is 0 Å². The highest BCUT2D eigenvalue weighted by molar-refractivity contribution is 7.03. The molecule has 2 bridgehead atoms. The summed E-state index contributed by atoms with van der Waals surface area (Å²) in [4.78, 5) is 0. The first-order valence-corrected chi connectivity index (χ1v) is 20.6. The maximum atomic E-state index is 7.17. The smallest absolute Gasteiger partial charge is 0.252 e. The molecular weight excluding hydrogens is 652 g/mol. The van der Waals surface area contributed by atoms with Crippen LogP contribution in [0.2, 0.25) is 0 Å². The molecule has 54 heavy (non-hydrogen) atoms. The Morgan fingerprint density at radius 2 is 1.22 bits per heavy atom.